The van der Waals surface area contributed by atoms with Crippen molar-refractivity contribution in [3.63, 3.8) is 0 Å². The number of benzene rings is 2. The van der Waals surface area contributed by atoms with Crippen LogP contribution >= 0.6 is 0 Å². The van der Waals surface area contributed by atoms with E-state index in [0.29, 0.717) is 18.5 Å². The van der Waals surface area contributed by atoms with Crippen molar-refractivity contribution < 1.29 is 43.0 Å². The molecule has 3 amide bonds. The van der Waals surface area contributed by atoms with E-state index in [0.717, 1.165) is 29.5 Å². The predicted octanol–water partition coefficient (Wildman–Crippen LogP) is 4.35. The van der Waals surface area contributed by atoms with Crippen LogP contribution in [0.2, 0.25) is 0 Å². The van der Waals surface area contributed by atoms with Gasteiger partial charge in [0.2, 0.25) is 17.7 Å². The van der Waals surface area contributed by atoms with Crippen molar-refractivity contribution in [3.8, 4) is 11.1 Å². The number of carboxylic acids is 2. The van der Waals surface area contributed by atoms with Crippen LogP contribution in [0.3, 0.4) is 0 Å². The maximum atomic E-state index is 15.0. The summed E-state index contributed by atoms with van der Waals surface area (Å²) in [4.78, 5) is 60.9. The zero-order valence-electron chi connectivity index (χ0n) is 32.0. The van der Waals surface area contributed by atoms with Crippen molar-refractivity contribution in [1.29, 1.82) is 0 Å². The fourth-order valence-electron chi connectivity index (χ4n) is 6.27. The number of aliphatic carboxylic acids is 2. The molecule has 0 bridgehead atoms. The van der Waals surface area contributed by atoms with Gasteiger partial charge < -0.3 is 36.5 Å². The molecule has 0 aliphatic rings. The summed E-state index contributed by atoms with van der Waals surface area (Å²) in [5.74, 6) is -5.49. The Morgan fingerprint density at radius 1 is 0.873 bits per heavy atom. The molecule has 2 aromatic carbocycles. The highest BCUT2D eigenvalue weighted by molar-refractivity contribution is 5.86. The first-order valence-electron chi connectivity index (χ1n) is 18.4. The lowest BCUT2D eigenvalue weighted by atomic mass is 9.84. The van der Waals surface area contributed by atoms with E-state index in [1.807, 2.05) is 75.6 Å². The van der Waals surface area contributed by atoms with Crippen LogP contribution in [0.15, 0.2) is 60.8 Å². The molecule has 300 valence electrons. The van der Waals surface area contributed by atoms with E-state index >= 15 is 4.39 Å². The van der Waals surface area contributed by atoms with E-state index in [9.17, 15) is 33.5 Å². The first-order valence-corrected chi connectivity index (χ1v) is 18.4. The number of hydrogen-bond acceptors (Lipinski definition) is 7. The number of carbonyl (C=O) groups is 5. The highest BCUT2D eigenvalue weighted by Crippen LogP contribution is 2.37. The second kappa shape index (κ2) is 20.5. The number of amides is 3. The predicted molar refractivity (Wildman–Crippen MR) is 204 cm³/mol. The van der Waals surface area contributed by atoms with Crippen molar-refractivity contribution in [2.75, 3.05) is 13.1 Å². The van der Waals surface area contributed by atoms with Gasteiger partial charge in [-0.05, 0) is 67.0 Å². The number of hydrogen-bond donors (Lipinski definition) is 7. The fourth-order valence-corrected chi connectivity index (χ4v) is 6.27. The summed E-state index contributed by atoms with van der Waals surface area (Å²) in [6.45, 7) is 10.5. The number of aromatic nitrogens is 1. The van der Waals surface area contributed by atoms with Gasteiger partial charge in [-0.3, -0.25) is 24.5 Å². The number of carboxylic acid groups (broad SMARTS) is 2. The lowest BCUT2D eigenvalue weighted by Crippen LogP contribution is -2.54. The molecule has 55 heavy (non-hydrogen) atoms. The van der Waals surface area contributed by atoms with Gasteiger partial charge in [0.15, 0.2) is 0 Å². The maximum absolute atomic E-state index is 15.0. The molecule has 0 fully saturated rings. The zero-order valence-corrected chi connectivity index (χ0v) is 32.0. The molecule has 1 aromatic heterocycles. The van der Waals surface area contributed by atoms with Crippen LogP contribution < -0.4 is 27.0 Å². The highest BCUT2D eigenvalue weighted by Gasteiger charge is 2.31. The Hall–Kier alpha value is -5.15. The normalized spacial score (nSPS) is 13.8. The summed E-state index contributed by atoms with van der Waals surface area (Å²) < 4.78 is 31.3. The molecule has 8 N–H and O–H groups in total. The van der Waals surface area contributed by atoms with Gasteiger partial charge in [0.05, 0.1) is 18.1 Å². The Labute approximate surface area is 320 Å². The standard InChI is InChI=1S/C40H54F2N6O7/c1-24(2)19-32(37(43)52)46-30(38(53)45-18-16-34(49)47-31(39(54)55)13-14-35(50)51)15-17-44-36(40(3,4)5)33-20-26(28-21-27(41)11-12-29(28)42)23-48(33)22-25-9-7-6-8-10-25/h6-12,20-21,23-24,30-32,36,44,46H,13-19,22H2,1-5H3,(H2,43,52)(H,45,53)(H,47,49)(H,50,51)(H,54,55)/t30-,31+,32-,36-/m0/s1. The number of halogens is 2. The van der Waals surface area contributed by atoms with Crippen molar-refractivity contribution in [3.05, 3.63) is 83.7 Å². The fraction of sp³-hybridized carbons (Fsp3) is 0.475. The second-order valence-corrected chi connectivity index (χ2v) is 15.2. The molecule has 0 saturated carbocycles. The molecule has 0 spiro atoms. The summed E-state index contributed by atoms with van der Waals surface area (Å²) >= 11 is 0. The Morgan fingerprint density at radius 3 is 2.16 bits per heavy atom. The van der Waals surface area contributed by atoms with Crippen molar-refractivity contribution in [2.24, 2.45) is 17.1 Å². The van der Waals surface area contributed by atoms with Gasteiger partial charge in [0.1, 0.15) is 17.7 Å². The van der Waals surface area contributed by atoms with E-state index in [-0.39, 0.29) is 49.9 Å². The molecule has 13 nitrogen and oxygen atoms in total. The molecule has 4 atom stereocenters. The Kier molecular flexibility index (Phi) is 16.5. The Bertz CT molecular complexity index is 1780. The first kappa shape index (κ1) is 44.2. The van der Waals surface area contributed by atoms with Gasteiger partial charge in [-0.2, -0.15) is 0 Å². The average molecular weight is 769 g/mol. The maximum Gasteiger partial charge on any atom is 0.326 e. The number of primary amides is 1. The van der Waals surface area contributed by atoms with Crippen LogP contribution in [0.4, 0.5) is 8.78 Å². The summed E-state index contributed by atoms with van der Waals surface area (Å²) in [5, 5.41) is 29.8. The monoisotopic (exact) mass is 768 g/mol. The summed E-state index contributed by atoms with van der Waals surface area (Å²) in [5.41, 5.74) is 7.70. The third kappa shape index (κ3) is 14.2. The van der Waals surface area contributed by atoms with Gasteiger partial charge in [-0.15, -0.1) is 0 Å². The minimum absolute atomic E-state index is 0.0682. The van der Waals surface area contributed by atoms with Gasteiger partial charge in [0.25, 0.3) is 0 Å². The molecule has 1 heterocycles. The Morgan fingerprint density at radius 2 is 1.56 bits per heavy atom. The van der Waals surface area contributed by atoms with E-state index in [1.54, 1.807) is 6.20 Å². The quantitative estimate of drug-likeness (QED) is 0.0776. The molecule has 15 heteroatoms. The van der Waals surface area contributed by atoms with Gasteiger partial charge in [-0.25, -0.2) is 13.6 Å². The molecule has 3 rings (SSSR count). The average Bonchev–Trinajstić information content (AvgIpc) is 3.50. The lowest BCUT2D eigenvalue weighted by Gasteiger charge is -2.33. The molecular formula is C40H54F2N6O7. The molecule has 0 aliphatic carbocycles. The number of carbonyl (C=O) groups excluding carboxylic acids is 3. The summed E-state index contributed by atoms with van der Waals surface area (Å²) in [6.07, 6.45) is 1.29. The zero-order chi connectivity index (χ0) is 40.9. The molecular weight excluding hydrogens is 714 g/mol. The van der Waals surface area contributed by atoms with Gasteiger partial charge >= 0.3 is 11.9 Å². The third-order valence-corrected chi connectivity index (χ3v) is 9.01. The molecule has 0 radical (unpaired) electrons. The summed E-state index contributed by atoms with van der Waals surface area (Å²) in [7, 11) is 0. The van der Waals surface area contributed by atoms with Crippen LogP contribution in [-0.4, -0.2) is 75.7 Å². The minimum Gasteiger partial charge on any atom is -0.481 e. The number of nitrogens with one attached hydrogen (secondary N) is 4. The smallest absolute Gasteiger partial charge is 0.326 e. The van der Waals surface area contributed by atoms with Crippen molar-refractivity contribution in [2.45, 2.75) is 97.4 Å². The minimum atomic E-state index is -1.40. The van der Waals surface area contributed by atoms with Gasteiger partial charge in [0, 0.05) is 48.9 Å². The number of rotatable bonds is 22. The first-order chi connectivity index (χ1) is 25.8. The largest absolute Gasteiger partial charge is 0.481 e. The van der Waals surface area contributed by atoms with E-state index in [4.69, 9.17) is 10.8 Å². The van der Waals surface area contributed by atoms with Crippen molar-refractivity contribution >= 4 is 29.7 Å². The SMILES string of the molecule is CC(C)C[C@H](N[C@@H](CCN[C@@H](c1cc(-c2cc(F)ccc2F)cn1Cc1ccccc1)C(C)(C)C)C(=O)NCCC(=O)N[C@H](CCC(=O)O)C(=O)O)C(N)=O. The Balaban J connectivity index is 1.84. The molecule has 0 saturated heterocycles. The molecule has 3 aromatic rings. The van der Waals surface area contributed by atoms with Crippen LogP contribution in [0, 0.1) is 23.0 Å². The topological polar surface area (TPSA) is 205 Å². The van der Waals surface area contributed by atoms with Gasteiger partial charge in [-0.1, -0.05) is 65.0 Å². The van der Waals surface area contributed by atoms with E-state index in [1.165, 1.54) is 0 Å². The molecule has 0 unspecified atom stereocenters. The summed E-state index contributed by atoms with van der Waals surface area (Å²) in [6, 6.07) is 11.3. The van der Waals surface area contributed by atoms with Crippen LogP contribution in [-0.2, 0) is 30.5 Å². The van der Waals surface area contributed by atoms with Crippen LogP contribution in [0.1, 0.15) is 84.0 Å². The van der Waals surface area contributed by atoms with E-state index < -0.39 is 71.3 Å². The number of nitrogens with zero attached hydrogens (tertiary/aromatic N) is 1. The highest BCUT2D eigenvalue weighted by atomic mass is 19.1. The lowest BCUT2D eigenvalue weighted by molar-refractivity contribution is -0.143. The number of nitrogens with two attached hydrogens (primary N) is 1. The molecule has 0 aliphatic heterocycles. The van der Waals surface area contributed by atoms with Crippen LogP contribution in [0.5, 0.6) is 0 Å². The second-order valence-electron chi connectivity index (χ2n) is 15.2. The van der Waals surface area contributed by atoms with Crippen LogP contribution in [0.25, 0.3) is 11.1 Å². The van der Waals surface area contributed by atoms with Crippen molar-refractivity contribution in [1.82, 2.24) is 25.8 Å². The third-order valence-electron chi connectivity index (χ3n) is 9.01. The van der Waals surface area contributed by atoms with E-state index in [2.05, 4.69) is 21.3 Å².